The Balaban J connectivity index is 2.22. The number of nitrogens with one attached hydrogen (secondary N) is 1. The van der Waals surface area contributed by atoms with Gasteiger partial charge in [-0.1, -0.05) is 11.6 Å². The second kappa shape index (κ2) is 6.18. The van der Waals surface area contributed by atoms with Crippen molar-refractivity contribution in [3.05, 3.63) is 22.8 Å². The molecule has 1 amide bonds. The standard InChI is InChI=1S/C12H17ClN4O2/c1-8-7-17(5-2-6-19-8)12(18)11-9(13)3-4-10(15-11)16-14/h3-4,8H,2,5-7,14H2,1H3,(H,15,16). The Hall–Kier alpha value is -1.37. The van der Waals surface area contributed by atoms with E-state index in [0.29, 0.717) is 30.5 Å². The lowest BCUT2D eigenvalue weighted by atomic mass is 10.2. The van der Waals surface area contributed by atoms with Gasteiger partial charge in [0.05, 0.1) is 11.1 Å². The second-order valence-corrected chi connectivity index (χ2v) is 4.86. The Labute approximate surface area is 116 Å². The summed E-state index contributed by atoms with van der Waals surface area (Å²) in [5, 5.41) is 0.321. The summed E-state index contributed by atoms with van der Waals surface area (Å²) in [6.45, 7) is 3.79. The van der Waals surface area contributed by atoms with E-state index in [1.54, 1.807) is 17.0 Å². The number of nitrogens with two attached hydrogens (primary N) is 1. The molecule has 7 heteroatoms. The van der Waals surface area contributed by atoms with Crippen molar-refractivity contribution < 1.29 is 9.53 Å². The molecule has 104 valence electrons. The van der Waals surface area contributed by atoms with Crippen molar-refractivity contribution in [3.63, 3.8) is 0 Å². The molecule has 1 saturated heterocycles. The smallest absolute Gasteiger partial charge is 0.274 e. The van der Waals surface area contributed by atoms with Gasteiger partial charge in [0.15, 0.2) is 0 Å². The molecule has 6 nitrogen and oxygen atoms in total. The van der Waals surface area contributed by atoms with Crippen molar-refractivity contribution in [1.82, 2.24) is 9.88 Å². The van der Waals surface area contributed by atoms with Crippen LogP contribution in [0.1, 0.15) is 23.8 Å². The molecule has 19 heavy (non-hydrogen) atoms. The third-order valence-electron chi connectivity index (χ3n) is 2.94. The molecule has 0 spiro atoms. The molecule has 1 aliphatic heterocycles. The zero-order chi connectivity index (χ0) is 13.8. The summed E-state index contributed by atoms with van der Waals surface area (Å²) in [7, 11) is 0. The molecule has 1 aliphatic rings. The first kappa shape index (κ1) is 14.0. The van der Waals surface area contributed by atoms with Gasteiger partial charge in [0.2, 0.25) is 0 Å². The molecule has 0 bridgehead atoms. The average Bonchev–Trinajstić information content (AvgIpc) is 2.63. The first-order chi connectivity index (χ1) is 9.11. The number of nitrogen functional groups attached to an aromatic ring is 1. The summed E-state index contributed by atoms with van der Waals surface area (Å²) in [5.41, 5.74) is 2.62. The van der Waals surface area contributed by atoms with Crippen molar-refractivity contribution in [2.24, 2.45) is 5.84 Å². The van der Waals surface area contributed by atoms with Crippen LogP contribution in [0, 0.1) is 0 Å². The van der Waals surface area contributed by atoms with Crippen molar-refractivity contribution in [1.29, 1.82) is 0 Å². The van der Waals surface area contributed by atoms with Crippen LogP contribution in [-0.4, -0.2) is 41.6 Å². The highest BCUT2D eigenvalue weighted by atomic mass is 35.5. The number of ether oxygens (including phenoxy) is 1. The highest BCUT2D eigenvalue weighted by Gasteiger charge is 2.24. The van der Waals surface area contributed by atoms with Gasteiger partial charge in [-0.15, -0.1) is 0 Å². The van der Waals surface area contributed by atoms with Crippen molar-refractivity contribution in [2.75, 3.05) is 25.1 Å². The lowest BCUT2D eigenvalue weighted by Gasteiger charge is -2.22. The Morgan fingerprint density at radius 1 is 1.63 bits per heavy atom. The molecule has 3 N–H and O–H groups in total. The molecular weight excluding hydrogens is 268 g/mol. The minimum atomic E-state index is -0.195. The Morgan fingerprint density at radius 2 is 2.42 bits per heavy atom. The molecule has 0 aromatic carbocycles. The number of carbonyl (C=O) groups excluding carboxylic acids is 1. The van der Waals surface area contributed by atoms with Gasteiger partial charge in [-0.3, -0.25) is 4.79 Å². The predicted molar refractivity (Wildman–Crippen MR) is 73.0 cm³/mol. The van der Waals surface area contributed by atoms with E-state index in [4.69, 9.17) is 22.2 Å². The number of pyridine rings is 1. The van der Waals surface area contributed by atoms with Gasteiger partial charge in [0, 0.05) is 19.7 Å². The fourth-order valence-corrected chi connectivity index (χ4v) is 2.19. The molecule has 0 saturated carbocycles. The summed E-state index contributed by atoms with van der Waals surface area (Å²) in [4.78, 5) is 18.3. The SMILES string of the molecule is CC1CN(C(=O)c2nc(NN)ccc2Cl)CCCO1. The Morgan fingerprint density at radius 3 is 3.16 bits per heavy atom. The van der Waals surface area contributed by atoms with Gasteiger partial charge in [-0.05, 0) is 25.5 Å². The molecule has 1 atom stereocenters. The number of rotatable bonds is 2. The molecular formula is C12H17ClN4O2. The third kappa shape index (κ3) is 3.34. The maximum absolute atomic E-state index is 12.4. The molecule has 1 fully saturated rings. The minimum absolute atomic E-state index is 0.0149. The van der Waals surface area contributed by atoms with E-state index in [1.807, 2.05) is 6.92 Å². The molecule has 0 radical (unpaired) electrons. The van der Waals surface area contributed by atoms with E-state index in [-0.39, 0.29) is 17.7 Å². The number of nitrogens with zero attached hydrogens (tertiary/aromatic N) is 2. The fourth-order valence-electron chi connectivity index (χ4n) is 2.00. The summed E-state index contributed by atoms with van der Waals surface area (Å²) >= 11 is 6.03. The third-order valence-corrected chi connectivity index (χ3v) is 3.24. The number of hydrogen-bond acceptors (Lipinski definition) is 5. The van der Waals surface area contributed by atoms with Crippen LogP contribution in [0.4, 0.5) is 5.82 Å². The van der Waals surface area contributed by atoms with Gasteiger partial charge >= 0.3 is 0 Å². The molecule has 2 rings (SSSR count). The number of hydrogen-bond donors (Lipinski definition) is 2. The molecule has 1 aromatic heterocycles. The first-order valence-electron chi connectivity index (χ1n) is 6.16. The number of carbonyl (C=O) groups is 1. The lowest BCUT2D eigenvalue weighted by Crippen LogP contribution is -2.36. The summed E-state index contributed by atoms with van der Waals surface area (Å²) in [5.74, 6) is 5.51. The predicted octanol–water partition coefficient (Wildman–Crippen LogP) is 1.27. The number of amides is 1. The Kier molecular flexibility index (Phi) is 4.57. The van der Waals surface area contributed by atoms with Gasteiger partial charge < -0.3 is 15.1 Å². The van der Waals surface area contributed by atoms with Crippen LogP contribution in [-0.2, 0) is 4.74 Å². The normalized spacial score (nSPS) is 19.9. The van der Waals surface area contributed by atoms with Crippen molar-refractivity contribution >= 4 is 23.3 Å². The highest BCUT2D eigenvalue weighted by molar-refractivity contribution is 6.33. The van der Waals surface area contributed by atoms with E-state index in [9.17, 15) is 4.79 Å². The zero-order valence-electron chi connectivity index (χ0n) is 10.7. The van der Waals surface area contributed by atoms with Gasteiger partial charge in [0.25, 0.3) is 5.91 Å². The van der Waals surface area contributed by atoms with E-state index in [1.165, 1.54) is 0 Å². The van der Waals surface area contributed by atoms with E-state index >= 15 is 0 Å². The molecule has 2 heterocycles. The summed E-state index contributed by atoms with van der Waals surface area (Å²) in [6, 6.07) is 3.22. The monoisotopic (exact) mass is 284 g/mol. The number of halogens is 1. The Bertz CT molecular complexity index is 469. The quantitative estimate of drug-likeness (QED) is 0.631. The van der Waals surface area contributed by atoms with Crippen LogP contribution in [0.25, 0.3) is 0 Å². The van der Waals surface area contributed by atoms with Crippen LogP contribution in [0.15, 0.2) is 12.1 Å². The molecule has 0 aliphatic carbocycles. The van der Waals surface area contributed by atoms with E-state index < -0.39 is 0 Å². The van der Waals surface area contributed by atoms with Gasteiger partial charge in [-0.25, -0.2) is 10.8 Å². The maximum atomic E-state index is 12.4. The van der Waals surface area contributed by atoms with Crippen LogP contribution in [0.3, 0.4) is 0 Å². The maximum Gasteiger partial charge on any atom is 0.274 e. The van der Waals surface area contributed by atoms with Gasteiger partial charge in [-0.2, -0.15) is 0 Å². The largest absolute Gasteiger partial charge is 0.377 e. The van der Waals surface area contributed by atoms with Crippen LogP contribution in [0.2, 0.25) is 5.02 Å². The van der Waals surface area contributed by atoms with Crippen LogP contribution in [0.5, 0.6) is 0 Å². The minimum Gasteiger partial charge on any atom is -0.377 e. The van der Waals surface area contributed by atoms with Crippen molar-refractivity contribution in [2.45, 2.75) is 19.4 Å². The first-order valence-corrected chi connectivity index (χ1v) is 6.53. The number of anilines is 1. The molecule has 1 unspecified atom stereocenters. The number of hydrazine groups is 1. The molecule has 1 aromatic rings. The second-order valence-electron chi connectivity index (χ2n) is 4.46. The summed E-state index contributed by atoms with van der Waals surface area (Å²) < 4.78 is 5.51. The average molecular weight is 285 g/mol. The summed E-state index contributed by atoms with van der Waals surface area (Å²) in [6.07, 6.45) is 0.823. The zero-order valence-corrected chi connectivity index (χ0v) is 11.5. The van der Waals surface area contributed by atoms with Crippen molar-refractivity contribution in [3.8, 4) is 0 Å². The van der Waals surface area contributed by atoms with E-state index in [0.717, 1.165) is 6.42 Å². The number of aromatic nitrogens is 1. The highest BCUT2D eigenvalue weighted by Crippen LogP contribution is 2.19. The lowest BCUT2D eigenvalue weighted by molar-refractivity contribution is 0.0559. The van der Waals surface area contributed by atoms with Gasteiger partial charge in [0.1, 0.15) is 11.5 Å². The fraction of sp³-hybridized carbons (Fsp3) is 0.500. The topological polar surface area (TPSA) is 80.5 Å². The van der Waals surface area contributed by atoms with E-state index in [2.05, 4.69) is 10.4 Å². The van der Waals surface area contributed by atoms with Crippen LogP contribution >= 0.6 is 11.6 Å². The van der Waals surface area contributed by atoms with Crippen LogP contribution < -0.4 is 11.3 Å².